The predicted octanol–water partition coefficient (Wildman–Crippen LogP) is 3.44. The molecule has 31 heavy (non-hydrogen) atoms. The standard InChI is InChI=1S/C23H22N6O2/c1-31-17-4-2-15(3-5-17)18-8-11-24-21(27-18)16-9-12-29(13-10-16)23(30)20-7-6-19-22(28-20)26-14-25-19/h2-8,11,14,16H,9-10,12-13H2,1H3,(H,25,26,28). The number of rotatable bonds is 4. The van der Waals surface area contributed by atoms with Crippen LogP contribution < -0.4 is 4.74 Å². The minimum Gasteiger partial charge on any atom is -0.497 e. The molecular weight excluding hydrogens is 392 g/mol. The molecule has 1 fully saturated rings. The van der Waals surface area contributed by atoms with E-state index in [1.54, 1.807) is 19.5 Å². The molecular formula is C23H22N6O2. The number of carbonyl (C=O) groups excluding carboxylic acids is 1. The monoisotopic (exact) mass is 414 g/mol. The third-order valence-electron chi connectivity index (χ3n) is 5.71. The number of amides is 1. The molecule has 8 heteroatoms. The smallest absolute Gasteiger partial charge is 0.272 e. The van der Waals surface area contributed by atoms with Gasteiger partial charge in [0.15, 0.2) is 5.65 Å². The molecule has 0 radical (unpaired) electrons. The summed E-state index contributed by atoms with van der Waals surface area (Å²) in [5, 5.41) is 0. The van der Waals surface area contributed by atoms with Crippen LogP contribution in [0.25, 0.3) is 22.4 Å². The molecule has 1 N–H and O–H groups in total. The van der Waals surface area contributed by atoms with Crippen molar-refractivity contribution in [1.82, 2.24) is 29.8 Å². The summed E-state index contributed by atoms with van der Waals surface area (Å²) in [6.07, 6.45) is 5.03. The molecule has 0 atom stereocenters. The number of hydrogen-bond donors (Lipinski definition) is 1. The first kappa shape index (κ1) is 19.2. The zero-order valence-electron chi connectivity index (χ0n) is 17.2. The molecule has 1 amide bonds. The van der Waals surface area contributed by atoms with E-state index in [2.05, 4.69) is 19.9 Å². The van der Waals surface area contributed by atoms with Gasteiger partial charge in [-0.1, -0.05) is 0 Å². The van der Waals surface area contributed by atoms with Crippen LogP contribution in [-0.2, 0) is 0 Å². The normalized spacial score (nSPS) is 14.7. The molecule has 0 bridgehead atoms. The number of nitrogens with zero attached hydrogens (tertiary/aromatic N) is 5. The molecule has 1 aromatic carbocycles. The van der Waals surface area contributed by atoms with Gasteiger partial charge in [0.1, 0.15) is 17.3 Å². The Morgan fingerprint density at radius 1 is 1.03 bits per heavy atom. The van der Waals surface area contributed by atoms with Crippen LogP contribution in [0.15, 0.2) is 55.0 Å². The topological polar surface area (TPSA) is 96.9 Å². The van der Waals surface area contributed by atoms with Crippen molar-refractivity contribution < 1.29 is 9.53 Å². The van der Waals surface area contributed by atoms with Crippen molar-refractivity contribution in [1.29, 1.82) is 0 Å². The van der Waals surface area contributed by atoms with E-state index < -0.39 is 0 Å². The molecule has 4 aromatic rings. The Morgan fingerprint density at radius 3 is 2.61 bits per heavy atom. The van der Waals surface area contributed by atoms with Crippen LogP contribution in [0.4, 0.5) is 0 Å². The lowest BCUT2D eigenvalue weighted by Crippen LogP contribution is -2.38. The number of benzene rings is 1. The average Bonchev–Trinajstić information content (AvgIpc) is 3.32. The fourth-order valence-corrected chi connectivity index (χ4v) is 3.94. The van der Waals surface area contributed by atoms with Crippen LogP contribution in [0, 0.1) is 0 Å². The highest BCUT2D eigenvalue weighted by molar-refractivity contribution is 5.94. The van der Waals surface area contributed by atoms with Crippen molar-refractivity contribution in [2.45, 2.75) is 18.8 Å². The number of likely N-dealkylation sites (tertiary alicyclic amines) is 1. The second kappa shape index (κ2) is 8.14. The number of hydrogen-bond acceptors (Lipinski definition) is 6. The minimum atomic E-state index is -0.0590. The maximum Gasteiger partial charge on any atom is 0.272 e. The first-order valence-corrected chi connectivity index (χ1v) is 10.3. The molecule has 0 spiro atoms. The number of ether oxygens (including phenoxy) is 1. The fourth-order valence-electron chi connectivity index (χ4n) is 3.94. The average molecular weight is 414 g/mol. The third-order valence-corrected chi connectivity index (χ3v) is 5.71. The number of fused-ring (bicyclic) bond motifs is 1. The highest BCUT2D eigenvalue weighted by atomic mass is 16.5. The van der Waals surface area contributed by atoms with Gasteiger partial charge in [0.05, 0.1) is 24.6 Å². The Labute approximate surface area is 179 Å². The van der Waals surface area contributed by atoms with Crippen molar-refractivity contribution in [3.05, 3.63) is 66.5 Å². The summed E-state index contributed by atoms with van der Waals surface area (Å²) >= 11 is 0. The lowest BCUT2D eigenvalue weighted by Gasteiger charge is -2.31. The maximum atomic E-state index is 12.9. The Kier molecular flexibility index (Phi) is 5.03. The van der Waals surface area contributed by atoms with Gasteiger partial charge >= 0.3 is 0 Å². The number of methoxy groups -OCH3 is 1. The van der Waals surface area contributed by atoms with Crippen LogP contribution in [-0.4, -0.2) is 55.9 Å². The van der Waals surface area contributed by atoms with E-state index >= 15 is 0 Å². The van der Waals surface area contributed by atoms with E-state index in [-0.39, 0.29) is 11.8 Å². The second-order valence-corrected chi connectivity index (χ2v) is 7.57. The summed E-state index contributed by atoms with van der Waals surface area (Å²) in [4.78, 5) is 35.6. The summed E-state index contributed by atoms with van der Waals surface area (Å²) < 4.78 is 5.23. The first-order chi connectivity index (χ1) is 15.2. The Morgan fingerprint density at radius 2 is 1.84 bits per heavy atom. The highest BCUT2D eigenvalue weighted by Gasteiger charge is 2.27. The van der Waals surface area contributed by atoms with Gasteiger partial charge < -0.3 is 14.6 Å². The van der Waals surface area contributed by atoms with Gasteiger partial charge in [-0.15, -0.1) is 0 Å². The second-order valence-electron chi connectivity index (χ2n) is 7.57. The maximum absolute atomic E-state index is 12.9. The molecule has 0 saturated carbocycles. The van der Waals surface area contributed by atoms with Crippen LogP contribution in [0.2, 0.25) is 0 Å². The number of aromatic nitrogens is 5. The van der Waals surface area contributed by atoms with Gasteiger partial charge in [-0.3, -0.25) is 4.79 Å². The first-order valence-electron chi connectivity index (χ1n) is 10.3. The van der Waals surface area contributed by atoms with Crippen LogP contribution in [0.1, 0.15) is 35.1 Å². The van der Waals surface area contributed by atoms with E-state index in [4.69, 9.17) is 9.72 Å². The van der Waals surface area contributed by atoms with Gasteiger partial charge in [0, 0.05) is 30.8 Å². The summed E-state index contributed by atoms with van der Waals surface area (Å²) in [5.41, 5.74) is 3.73. The van der Waals surface area contributed by atoms with E-state index in [9.17, 15) is 4.79 Å². The van der Waals surface area contributed by atoms with Crippen LogP contribution in [0.5, 0.6) is 5.75 Å². The lowest BCUT2D eigenvalue weighted by molar-refractivity contribution is 0.0705. The predicted molar refractivity (Wildman–Crippen MR) is 116 cm³/mol. The highest BCUT2D eigenvalue weighted by Crippen LogP contribution is 2.28. The van der Waals surface area contributed by atoms with E-state index in [1.807, 2.05) is 47.5 Å². The van der Waals surface area contributed by atoms with E-state index in [0.29, 0.717) is 24.4 Å². The Bertz CT molecular complexity index is 1210. The molecule has 4 heterocycles. The summed E-state index contributed by atoms with van der Waals surface area (Å²) in [6.45, 7) is 1.31. The number of H-pyrrole nitrogens is 1. The molecule has 1 saturated heterocycles. The van der Waals surface area contributed by atoms with Crippen molar-refractivity contribution >= 4 is 17.1 Å². The van der Waals surface area contributed by atoms with E-state index in [0.717, 1.165) is 41.2 Å². The van der Waals surface area contributed by atoms with Gasteiger partial charge in [-0.2, -0.15) is 0 Å². The quantitative estimate of drug-likeness (QED) is 0.549. The molecule has 0 aliphatic carbocycles. The van der Waals surface area contributed by atoms with Crippen molar-refractivity contribution in [3.8, 4) is 17.0 Å². The Hall–Kier alpha value is -3.81. The van der Waals surface area contributed by atoms with Crippen LogP contribution >= 0.6 is 0 Å². The number of nitrogens with one attached hydrogen (secondary N) is 1. The lowest BCUT2D eigenvalue weighted by atomic mass is 9.95. The molecule has 8 nitrogen and oxygen atoms in total. The molecule has 1 aliphatic heterocycles. The zero-order valence-corrected chi connectivity index (χ0v) is 17.2. The number of carbonyl (C=O) groups is 1. The SMILES string of the molecule is COc1ccc(-c2ccnc(C3CCN(C(=O)c4ccc5[nH]cnc5n4)CC3)n2)cc1. The molecule has 0 unspecified atom stereocenters. The van der Waals surface area contributed by atoms with Gasteiger partial charge in [-0.25, -0.2) is 19.9 Å². The third kappa shape index (κ3) is 3.84. The van der Waals surface area contributed by atoms with Gasteiger partial charge in [-0.05, 0) is 55.3 Å². The summed E-state index contributed by atoms with van der Waals surface area (Å²) in [7, 11) is 1.65. The fraction of sp³-hybridized carbons (Fsp3) is 0.261. The summed E-state index contributed by atoms with van der Waals surface area (Å²) in [6, 6.07) is 13.3. The number of aromatic amines is 1. The van der Waals surface area contributed by atoms with Crippen molar-refractivity contribution in [2.24, 2.45) is 0 Å². The zero-order chi connectivity index (χ0) is 21.2. The summed E-state index contributed by atoms with van der Waals surface area (Å²) in [5.74, 6) is 1.81. The minimum absolute atomic E-state index is 0.0590. The number of imidazole rings is 1. The largest absolute Gasteiger partial charge is 0.497 e. The van der Waals surface area contributed by atoms with Crippen LogP contribution in [0.3, 0.4) is 0 Å². The molecule has 156 valence electrons. The Balaban J connectivity index is 1.27. The molecule has 5 rings (SSSR count). The number of pyridine rings is 1. The van der Waals surface area contributed by atoms with Gasteiger partial charge in [0.25, 0.3) is 5.91 Å². The molecule has 3 aromatic heterocycles. The number of piperidine rings is 1. The van der Waals surface area contributed by atoms with E-state index in [1.165, 1.54) is 0 Å². The van der Waals surface area contributed by atoms with Gasteiger partial charge in [0.2, 0.25) is 0 Å². The molecule has 1 aliphatic rings. The van der Waals surface area contributed by atoms with Crippen molar-refractivity contribution in [2.75, 3.05) is 20.2 Å². The van der Waals surface area contributed by atoms with Crippen molar-refractivity contribution in [3.63, 3.8) is 0 Å².